The third-order valence-electron chi connectivity index (χ3n) is 9.05. The normalized spacial score (nSPS) is 20.8. The number of nitriles is 1. The second-order valence-electron chi connectivity index (χ2n) is 12.1. The maximum atomic E-state index is 15.0. The van der Waals surface area contributed by atoms with Crippen LogP contribution in [-0.2, 0) is 9.53 Å². The van der Waals surface area contributed by atoms with Gasteiger partial charge in [-0.15, -0.1) is 0 Å². The molecule has 0 aliphatic carbocycles. The van der Waals surface area contributed by atoms with Gasteiger partial charge in [0.15, 0.2) is 12.2 Å². The number of nitrogens with zero attached hydrogens (tertiary/aromatic N) is 6. The van der Waals surface area contributed by atoms with Gasteiger partial charge < -0.3 is 34.6 Å². The predicted octanol–water partition coefficient (Wildman–Crippen LogP) is 2.71. The second-order valence-corrected chi connectivity index (χ2v) is 12.1. The van der Waals surface area contributed by atoms with Crippen molar-refractivity contribution in [1.29, 1.82) is 5.26 Å². The molecule has 3 aliphatic rings. The van der Waals surface area contributed by atoms with Crippen LogP contribution in [0.4, 0.5) is 20.5 Å². The Morgan fingerprint density at radius 1 is 1.17 bits per heavy atom. The average Bonchev–Trinajstić information content (AvgIpc) is 3.08. The van der Waals surface area contributed by atoms with Gasteiger partial charge in [0.1, 0.15) is 17.6 Å². The fraction of sp³-hybridized carbons (Fsp3) is 0.485. The summed E-state index contributed by atoms with van der Waals surface area (Å²) in [5.74, 6) is -2.83. The van der Waals surface area contributed by atoms with Crippen molar-refractivity contribution in [3.05, 3.63) is 53.7 Å². The Balaban J connectivity index is 1.12. The number of ether oxygens (including phenoxy) is 3. The summed E-state index contributed by atoms with van der Waals surface area (Å²) in [5, 5.41) is 31.5. The number of alkyl halides is 2. The van der Waals surface area contributed by atoms with E-state index in [0.29, 0.717) is 34.9 Å². The van der Waals surface area contributed by atoms with E-state index in [4.69, 9.17) is 19.3 Å². The molecule has 48 heavy (non-hydrogen) atoms. The summed E-state index contributed by atoms with van der Waals surface area (Å²) in [7, 11) is 1.60. The lowest BCUT2D eigenvalue weighted by Crippen LogP contribution is -2.57. The van der Waals surface area contributed by atoms with Gasteiger partial charge in [-0.25, -0.2) is 18.7 Å². The highest BCUT2D eigenvalue weighted by atomic mass is 19.3. The van der Waals surface area contributed by atoms with Crippen LogP contribution in [0.1, 0.15) is 36.3 Å². The molecule has 254 valence electrons. The van der Waals surface area contributed by atoms with Crippen molar-refractivity contribution in [1.82, 2.24) is 24.8 Å². The number of halogens is 2. The molecule has 2 atom stereocenters. The number of hydrogen-bond donors (Lipinski definition) is 3. The summed E-state index contributed by atoms with van der Waals surface area (Å²) >= 11 is 0. The van der Waals surface area contributed by atoms with Crippen LogP contribution in [0.15, 0.2) is 42.6 Å². The van der Waals surface area contributed by atoms with Gasteiger partial charge in [-0.05, 0) is 68.2 Å². The van der Waals surface area contributed by atoms with Crippen LogP contribution in [0.25, 0.3) is 11.3 Å². The lowest BCUT2D eigenvalue weighted by molar-refractivity contribution is -0.167. The highest BCUT2D eigenvalue weighted by molar-refractivity contribution is 5.81. The molecule has 0 radical (unpaired) electrons. The van der Waals surface area contributed by atoms with Crippen molar-refractivity contribution in [2.45, 2.75) is 49.4 Å². The van der Waals surface area contributed by atoms with Crippen LogP contribution in [0, 0.1) is 11.3 Å². The van der Waals surface area contributed by atoms with Crippen LogP contribution < -0.4 is 14.8 Å². The van der Waals surface area contributed by atoms with Gasteiger partial charge in [-0.1, -0.05) is 0 Å². The Hall–Kier alpha value is -4.49. The maximum Gasteiger partial charge on any atom is 0.301 e. The van der Waals surface area contributed by atoms with Gasteiger partial charge in [0, 0.05) is 30.3 Å². The number of carbonyl (C=O) groups excluding carboxylic acids is 1. The fourth-order valence-electron chi connectivity index (χ4n) is 6.27. The van der Waals surface area contributed by atoms with E-state index in [2.05, 4.69) is 25.2 Å². The van der Waals surface area contributed by atoms with E-state index in [9.17, 15) is 23.9 Å². The topological polar surface area (TPSA) is 166 Å². The number of rotatable bonds is 10. The van der Waals surface area contributed by atoms with Gasteiger partial charge in [0.25, 0.3) is 5.91 Å². The largest absolute Gasteiger partial charge is 0.483 e. The minimum absolute atomic E-state index is 0.0273. The standard InChI is InChI=1S/C33H37F2N7O6/c1-46-30-24(20-7-11-41(12-8-20)23-17-47-18-23)3-5-29(39-30)40-32-37-10-6-25(38-32)21-2-4-27(22(14-21)15-36)48-28-9-13-42(19-33(28,34)35)31(45)26(44)16-43/h2-6,10,14,20,23,26,28,43-44H,7-9,11-13,16-19H2,1H3,(H,37,38,39,40)/t26-,28?/m0/s1. The number of nitrogens with one attached hydrogen (secondary N) is 1. The second kappa shape index (κ2) is 14.3. The van der Waals surface area contributed by atoms with Crippen molar-refractivity contribution in [3.63, 3.8) is 0 Å². The van der Waals surface area contributed by atoms with E-state index < -0.39 is 37.2 Å². The molecule has 6 rings (SSSR count). The van der Waals surface area contributed by atoms with Crippen molar-refractivity contribution < 1.29 is 38.0 Å². The number of pyridine rings is 1. The zero-order valence-corrected chi connectivity index (χ0v) is 26.4. The predicted molar refractivity (Wildman–Crippen MR) is 168 cm³/mol. The summed E-state index contributed by atoms with van der Waals surface area (Å²) in [5.41, 5.74) is 2.10. The number of anilines is 2. The van der Waals surface area contributed by atoms with Gasteiger partial charge >= 0.3 is 5.92 Å². The van der Waals surface area contributed by atoms with E-state index in [1.807, 2.05) is 18.2 Å². The third kappa shape index (κ3) is 7.16. The highest BCUT2D eigenvalue weighted by Crippen LogP contribution is 2.36. The lowest BCUT2D eigenvalue weighted by Gasteiger charge is -2.41. The van der Waals surface area contributed by atoms with E-state index >= 15 is 0 Å². The minimum Gasteiger partial charge on any atom is -0.483 e. The van der Waals surface area contributed by atoms with Gasteiger partial charge in [-0.2, -0.15) is 10.2 Å². The van der Waals surface area contributed by atoms with Crippen LogP contribution in [0.2, 0.25) is 0 Å². The number of methoxy groups -OCH3 is 1. The van der Waals surface area contributed by atoms with Gasteiger partial charge in [0.2, 0.25) is 11.8 Å². The van der Waals surface area contributed by atoms with E-state index in [-0.39, 0.29) is 30.2 Å². The number of aliphatic hydroxyl groups excluding tert-OH is 2. The molecule has 1 aromatic carbocycles. The molecule has 15 heteroatoms. The summed E-state index contributed by atoms with van der Waals surface area (Å²) in [4.78, 5) is 28.9. The maximum absolute atomic E-state index is 15.0. The SMILES string of the molecule is COc1nc(Nc2nccc(-c3ccc(OC4CCN(C(=O)[C@@H](O)CO)CC4(F)F)c(C#N)c3)n2)ccc1C1CCN(C2COC2)CC1. The number of hydrogen-bond acceptors (Lipinski definition) is 12. The van der Waals surface area contributed by atoms with Crippen molar-refractivity contribution >= 4 is 17.7 Å². The van der Waals surface area contributed by atoms with E-state index in [1.165, 1.54) is 12.1 Å². The first-order valence-corrected chi connectivity index (χ1v) is 15.8. The summed E-state index contributed by atoms with van der Waals surface area (Å²) in [6.45, 7) is 1.69. The van der Waals surface area contributed by atoms with Crippen molar-refractivity contribution in [3.8, 4) is 29.0 Å². The number of piperidine rings is 2. The summed E-state index contributed by atoms with van der Waals surface area (Å²) in [6.07, 6.45) is -0.0251. The molecule has 3 N–H and O–H groups in total. The minimum atomic E-state index is -3.46. The highest BCUT2D eigenvalue weighted by Gasteiger charge is 2.48. The molecule has 3 fully saturated rings. The first-order chi connectivity index (χ1) is 23.2. The number of aromatic nitrogens is 3. The monoisotopic (exact) mass is 665 g/mol. The number of amides is 1. The molecule has 5 heterocycles. The van der Waals surface area contributed by atoms with Crippen LogP contribution in [-0.4, -0.2) is 118 Å². The molecule has 3 aromatic rings. The Morgan fingerprint density at radius 3 is 2.62 bits per heavy atom. The van der Waals surface area contributed by atoms with E-state index in [0.717, 1.165) is 49.6 Å². The molecule has 0 bridgehead atoms. The zero-order valence-electron chi connectivity index (χ0n) is 26.4. The van der Waals surface area contributed by atoms with Crippen LogP contribution in [0.5, 0.6) is 11.6 Å². The Kier molecular flexibility index (Phi) is 9.97. The molecular formula is C33H37F2N7O6. The summed E-state index contributed by atoms with van der Waals surface area (Å²) in [6, 6.07) is 12.6. The molecule has 13 nitrogen and oxygen atoms in total. The van der Waals surface area contributed by atoms with Gasteiger partial charge in [-0.3, -0.25) is 9.69 Å². The Labute approximate surface area is 276 Å². The number of likely N-dealkylation sites (tertiary alicyclic amines) is 2. The quantitative estimate of drug-likeness (QED) is 0.290. The molecular weight excluding hydrogens is 628 g/mol. The number of benzene rings is 1. The zero-order chi connectivity index (χ0) is 33.8. The Bertz CT molecular complexity index is 1660. The number of carbonyl (C=O) groups is 1. The smallest absolute Gasteiger partial charge is 0.301 e. The first kappa shape index (κ1) is 33.4. The third-order valence-corrected chi connectivity index (χ3v) is 9.05. The lowest BCUT2D eigenvalue weighted by atomic mass is 9.89. The molecule has 3 aliphatic heterocycles. The number of aliphatic hydroxyl groups is 2. The van der Waals surface area contributed by atoms with Crippen LogP contribution >= 0.6 is 0 Å². The first-order valence-electron chi connectivity index (χ1n) is 15.8. The molecule has 0 saturated carbocycles. The average molecular weight is 666 g/mol. The summed E-state index contributed by atoms with van der Waals surface area (Å²) < 4.78 is 46.5. The fourth-order valence-corrected chi connectivity index (χ4v) is 6.27. The molecule has 0 spiro atoms. The van der Waals surface area contributed by atoms with Gasteiger partial charge in [0.05, 0.1) is 50.8 Å². The van der Waals surface area contributed by atoms with Crippen molar-refractivity contribution in [2.24, 2.45) is 0 Å². The molecule has 1 amide bonds. The van der Waals surface area contributed by atoms with Crippen molar-refractivity contribution in [2.75, 3.05) is 58.4 Å². The Morgan fingerprint density at radius 2 is 1.96 bits per heavy atom. The van der Waals surface area contributed by atoms with E-state index in [1.54, 1.807) is 25.4 Å². The molecule has 2 aromatic heterocycles. The molecule has 1 unspecified atom stereocenters. The molecule has 3 saturated heterocycles. The van der Waals surface area contributed by atoms with Crippen LogP contribution in [0.3, 0.4) is 0 Å².